The van der Waals surface area contributed by atoms with Gasteiger partial charge in [0.15, 0.2) is 0 Å². The number of cyclic esters (lactones) is 1. The molecule has 1 amide bonds. The molecule has 0 aliphatic carbocycles. The van der Waals surface area contributed by atoms with Crippen LogP contribution in [0.2, 0.25) is 0 Å². The number of hydrazine groups is 1. The summed E-state index contributed by atoms with van der Waals surface area (Å²) in [7, 11) is 1.35. The Morgan fingerprint density at radius 2 is 2.13 bits per heavy atom. The molecule has 1 N–H and O–H groups in total. The molecule has 1 aliphatic rings. The Bertz CT molecular complexity index is 916. The summed E-state index contributed by atoms with van der Waals surface area (Å²) >= 11 is 3.60. The third kappa shape index (κ3) is 6.19. The molecule has 7 nitrogen and oxygen atoms in total. The molecule has 0 saturated heterocycles. The highest BCUT2D eigenvalue weighted by molar-refractivity contribution is 14.1. The van der Waals surface area contributed by atoms with Crippen LogP contribution in [-0.4, -0.2) is 53.5 Å². The lowest BCUT2D eigenvalue weighted by atomic mass is 10.1. The van der Waals surface area contributed by atoms with Gasteiger partial charge in [-0.3, -0.25) is 5.01 Å². The predicted octanol–water partition coefficient (Wildman–Crippen LogP) is 3.82. The van der Waals surface area contributed by atoms with Crippen LogP contribution in [-0.2, 0) is 22.3 Å². The van der Waals surface area contributed by atoms with E-state index >= 15 is 0 Å². The number of methoxy groups -OCH3 is 1. The fraction of sp³-hybridized carbons (Fsp3) is 0.333. The number of ether oxygens (including phenoxy) is 2. The van der Waals surface area contributed by atoms with Crippen molar-refractivity contribution >= 4 is 46.0 Å². The highest BCUT2D eigenvalue weighted by atomic mass is 127. The molecule has 0 radical (unpaired) electrons. The predicted molar refractivity (Wildman–Crippen MR) is 122 cm³/mol. The van der Waals surface area contributed by atoms with Crippen LogP contribution in [0, 0.1) is 3.57 Å². The van der Waals surface area contributed by atoms with Crippen molar-refractivity contribution in [3.63, 3.8) is 0 Å². The SMILES string of the molecule is COC(=O)c1ccc(CCN2C(=O)OC=CN2CCC(O)Cc2cccc(I)c2)s1. The maximum absolute atomic E-state index is 12.2. The van der Waals surface area contributed by atoms with Crippen LogP contribution in [0.15, 0.2) is 48.9 Å². The van der Waals surface area contributed by atoms with Crippen molar-refractivity contribution in [1.29, 1.82) is 0 Å². The van der Waals surface area contributed by atoms with Gasteiger partial charge in [0, 0.05) is 21.4 Å². The van der Waals surface area contributed by atoms with E-state index in [0.29, 0.717) is 37.2 Å². The second kappa shape index (κ2) is 10.8. The molecule has 9 heteroatoms. The number of aliphatic hydroxyl groups is 1. The van der Waals surface area contributed by atoms with Gasteiger partial charge in [0.2, 0.25) is 0 Å². The van der Waals surface area contributed by atoms with E-state index in [9.17, 15) is 14.7 Å². The summed E-state index contributed by atoms with van der Waals surface area (Å²) in [6, 6.07) is 11.6. The van der Waals surface area contributed by atoms with Gasteiger partial charge >= 0.3 is 12.1 Å². The number of halogens is 1. The van der Waals surface area contributed by atoms with Crippen LogP contribution < -0.4 is 0 Å². The minimum absolute atomic E-state index is 0.365. The number of amides is 1. The molecule has 2 heterocycles. The summed E-state index contributed by atoms with van der Waals surface area (Å²) in [6.07, 6.45) is 3.70. The zero-order chi connectivity index (χ0) is 21.5. The number of thiophene rings is 1. The summed E-state index contributed by atoms with van der Waals surface area (Å²) in [6.45, 7) is 0.881. The lowest BCUT2D eigenvalue weighted by Gasteiger charge is -2.35. The van der Waals surface area contributed by atoms with Crippen LogP contribution in [0.3, 0.4) is 0 Å². The van der Waals surface area contributed by atoms with Crippen molar-refractivity contribution < 1.29 is 24.2 Å². The van der Waals surface area contributed by atoms with E-state index in [-0.39, 0.29) is 5.97 Å². The maximum Gasteiger partial charge on any atom is 0.433 e. The van der Waals surface area contributed by atoms with E-state index in [1.807, 2.05) is 24.3 Å². The van der Waals surface area contributed by atoms with E-state index in [0.717, 1.165) is 14.0 Å². The van der Waals surface area contributed by atoms with Crippen molar-refractivity contribution in [2.24, 2.45) is 0 Å². The monoisotopic (exact) mass is 542 g/mol. The van der Waals surface area contributed by atoms with E-state index in [2.05, 4.69) is 28.7 Å². The number of aliphatic hydroxyl groups excluding tert-OH is 1. The number of carbonyl (C=O) groups excluding carboxylic acids is 2. The number of benzene rings is 1. The fourth-order valence-corrected chi connectivity index (χ4v) is 4.60. The minimum Gasteiger partial charge on any atom is -0.465 e. The second-order valence-electron chi connectivity index (χ2n) is 6.74. The van der Waals surface area contributed by atoms with Gasteiger partial charge in [0.05, 0.1) is 26.0 Å². The Hall–Kier alpha value is -2.11. The minimum atomic E-state index is -0.517. The fourth-order valence-electron chi connectivity index (χ4n) is 3.08. The largest absolute Gasteiger partial charge is 0.465 e. The zero-order valence-corrected chi connectivity index (χ0v) is 19.5. The summed E-state index contributed by atoms with van der Waals surface area (Å²) in [5, 5.41) is 13.7. The molecule has 0 saturated carbocycles. The normalized spacial score (nSPS) is 14.6. The van der Waals surface area contributed by atoms with Gasteiger partial charge < -0.3 is 14.6 Å². The topological polar surface area (TPSA) is 79.3 Å². The molecular weight excluding hydrogens is 519 g/mol. The molecule has 1 aromatic heterocycles. The Labute approximate surface area is 193 Å². The van der Waals surface area contributed by atoms with Gasteiger partial charge in [-0.1, -0.05) is 12.1 Å². The van der Waals surface area contributed by atoms with Gasteiger partial charge in [-0.15, -0.1) is 11.3 Å². The maximum atomic E-state index is 12.2. The average molecular weight is 542 g/mol. The Balaban J connectivity index is 1.54. The number of hydrogen-bond donors (Lipinski definition) is 1. The van der Waals surface area contributed by atoms with Gasteiger partial charge in [0.1, 0.15) is 11.1 Å². The number of nitrogens with zero attached hydrogens (tertiary/aromatic N) is 2. The lowest BCUT2D eigenvalue weighted by molar-refractivity contribution is -0.000350. The summed E-state index contributed by atoms with van der Waals surface area (Å²) < 4.78 is 10.9. The van der Waals surface area contributed by atoms with Crippen molar-refractivity contribution in [1.82, 2.24) is 10.0 Å². The van der Waals surface area contributed by atoms with Crippen molar-refractivity contribution in [2.45, 2.75) is 25.4 Å². The first-order valence-corrected chi connectivity index (χ1v) is 11.4. The van der Waals surface area contributed by atoms with Crippen LogP contribution in [0.4, 0.5) is 4.79 Å². The molecule has 3 rings (SSSR count). The molecule has 1 aromatic carbocycles. The molecule has 2 aromatic rings. The number of hydrogen-bond acceptors (Lipinski definition) is 7. The van der Waals surface area contributed by atoms with Crippen LogP contribution in [0.5, 0.6) is 0 Å². The van der Waals surface area contributed by atoms with Crippen molar-refractivity contribution in [3.05, 3.63) is 67.7 Å². The highest BCUT2D eigenvalue weighted by Crippen LogP contribution is 2.20. The molecule has 1 unspecified atom stereocenters. The standard InChI is InChI=1S/C21H23IN2O5S/c1-28-20(26)19-6-5-18(30-19)8-10-24-21(27)29-12-11-23(24)9-7-17(25)14-15-3-2-4-16(22)13-15/h2-6,11-13,17,25H,7-10,14H2,1H3. The van der Waals surface area contributed by atoms with E-state index < -0.39 is 12.2 Å². The zero-order valence-electron chi connectivity index (χ0n) is 16.5. The molecule has 0 bridgehead atoms. The van der Waals surface area contributed by atoms with Gasteiger partial charge in [-0.2, -0.15) is 0 Å². The van der Waals surface area contributed by atoms with Crippen LogP contribution in [0.25, 0.3) is 0 Å². The smallest absolute Gasteiger partial charge is 0.433 e. The molecule has 1 aliphatic heterocycles. The van der Waals surface area contributed by atoms with E-state index in [1.165, 1.54) is 29.7 Å². The lowest BCUT2D eigenvalue weighted by Crippen LogP contribution is -2.47. The number of esters is 1. The first-order valence-electron chi connectivity index (χ1n) is 9.47. The Morgan fingerprint density at radius 1 is 1.30 bits per heavy atom. The summed E-state index contributed by atoms with van der Waals surface area (Å²) in [5.74, 6) is -0.365. The first kappa shape index (κ1) is 22.6. The first-order chi connectivity index (χ1) is 14.5. The number of rotatable bonds is 9. The van der Waals surface area contributed by atoms with Gasteiger partial charge in [-0.05, 0) is 65.3 Å². The quantitative estimate of drug-likeness (QED) is 0.384. The van der Waals surface area contributed by atoms with Crippen molar-refractivity contribution in [3.8, 4) is 0 Å². The highest BCUT2D eigenvalue weighted by Gasteiger charge is 2.24. The Morgan fingerprint density at radius 3 is 2.90 bits per heavy atom. The second-order valence-corrected chi connectivity index (χ2v) is 9.15. The average Bonchev–Trinajstić information content (AvgIpc) is 3.20. The van der Waals surface area contributed by atoms with Gasteiger partial charge in [0.25, 0.3) is 0 Å². The van der Waals surface area contributed by atoms with E-state index in [1.54, 1.807) is 17.3 Å². The molecular formula is C21H23IN2O5S. The van der Waals surface area contributed by atoms with E-state index in [4.69, 9.17) is 9.47 Å². The molecule has 0 spiro atoms. The summed E-state index contributed by atoms with van der Waals surface area (Å²) in [5.41, 5.74) is 1.08. The molecule has 0 fully saturated rings. The molecule has 1 atom stereocenters. The third-order valence-electron chi connectivity index (χ3n) is 4.59. The van der Waals surface area contributed by atoms with Crippen molar-refractivity contribution in [2.75, 3.05) is 20.2 Å². The third-order valence-corrected chi connectivity index (χ3v) is 6.39. The molecule has 30 heavy (non-hydrogen) atoms. The Kier molecular flexibility index (Phi) is 8.11. The van der Waals surface area contributed by atoms with Crippen LogP contribution in [0.1, 0.15) is 26.5 Å². The van der Waals surface area contributed by atoms with Gasteiger partial charge in [-0.25, -0.2) is 14.6 Å². The van der Waals surface area contributed by atoms with Crippen LogP contribution >= 0.6 is 33.9 Å². The summed E-state index contributed by atoms with van der Waals surface area (Å²) in [4.78, 5) is 25.3. The molecule has 160 valence electrons. The number of carbonyl (C=O) groups is 2.